The Morgan fingerprint density at radius 2 is 1.44 bits per heavy atom. The van der Waals surface area contributed by atoms with Gasteiger partial charge in [-0.3, -0.25) is 14.9 Å². The molecule has 43 heavy (non-hydrogen) atoms. The first-order valence-corrected chi connectivity index (χ1v) is 14.0. The number of barbiturate groups is 1. The summed E-state index contributed by atoms with van der Waals surface area (Å²) in [6.07, 6.45) is 1.40. The van der Waals surface area contributed by atoms with Gasteiger partial charge in [0.1, 0.15) is 30.3 Å². The van der Waals surface area contributed by atoms with Crippen molar-refractivity contribution in [2.45, 2.75) is 13.2 Å². The average Bonchev–Trinajstić information content (AvgIpc) is 3.02. The van der Waals surface area contributed by atoms with Crippen molar-refractivity contribution in [3.05, 3.63) is 118 Å². The molecule has 0 spiro atoms. The van der Waals surface area contributed by atoms with Crippen LogP contribution in [0.2, 0.25) is 0 Å². The third-order valence-electron chi connectivity index (χ3n) is 6.56. The Bertz CT molecular complexity index is 1690. The number of carbonyl (C=O) groups excluding carboxylic acids is 3. The highest BCUT2D eigenvalue weighted by Gasteiger charge is 2.37. The summed E-state index contributed by atoms with van der Waals surface area (Å²) in [7, 11) is 3.08. The maximum absolute atomic E-state index is 13.4. The van der Waals surface area contributed by atoms with E-state index in [2.05, 4.69) is 21.2 Å². The van der Waals surface area contributed by atoms with Gasteiger partial charge in [-0.05, 0) is 71.8 Å². The monoisotopic (exact) mass is 642 g/mol. The van der Waals surface area contributed by atoms with Gasteiger partial charge in [0.25, 0.3) is 11.8 Å². The van der Waals surface area contributed by atoms with Crippen LogP contribution in [0.15, 0.2) is 101 Å². The molecule has 4 aromatic carbocycles. The van der Waals surface area contributed by atoms with Gasteiger partial charge < -0.3 is 18.9 Å². The Hall–Kier alpha value is -5.09. The molecule has 1 aliphatic heterocycles. The van der Waals surface area contributed by atoms with Crippen LogP contribution in [0.4, 0.5) is 10.5 Å². The van der Waals surface area contributed by atoms with Gasteiger partial charge >= 0.3 is 6.03 Å². The molecular weight excluding hydrogens is 616 g/mol. The number of urea groups is 1. The molecule has 0 saturated carbocycles. The van der Waals surface area contributed by atoms with Crippen LogP contribution in [-0.2, 0) is 22.8 Å². The number of rotatable bonds is 10. The Kier molecular flexibility index (Phi) is 9.07. The predicted molar refractivity (Wildman–Crippen MR) is 164 cm³/mol. The lowest BCUT2D eigenvalue weighted by atomic mass is 10.1. The molecule has 1 fully saturated rings. The van der Waals surface area contributed by atoms with Gasteiger partial charge in [0, 0.05) is 10.0 Å². The molecule has 0 unspecified atom stereocenters. The van der Waals surface area contributed by atoms with Crippen LogP contribution >= 0.6 is 15.9 Å². The molecule has 1 saturated heterocycles. The standard InChI is InChI=1S/C33H27BrN2O7/c1-40-26-12-10-25(11-13-26)36-32(38)27(31(37)35-33(36)39)18-23-17-24(34)9-15-28(23)42-20-22-8-14-29(30(16-22)41-2)43-19-21-6-4-3-5-7-21/h3-18H,19-20H2,1-2H3,(H,35,37,39)/b27-18+. The highest BCUT2D eigenvalue weighted by Crippen LogP contribution is 2.32. The summed E-state index contributed by atoms with van der Waals surface area (Å²) in [5.74, 6) is 0.572. The third kappa shape index (κ3) is 6.87. The minimum Gasteiger partial charge on any atom is -0.497 e. The van der Waals surface area contributed by atoms with Crippen molar-refractivity contribution in [1.29, 1.82) is 0 Å². The van der Waals surface area contributed by atoms with Crippen molar-refractivity contribution in [3.8, 4) is 23.0 Å². The Morgan fingerprint density at radius 1 is 0.744 bits per heavy atom. The second kappa shape index (κ2) is 13.3. The molecule has 4 aromatic rings. The van der Waals surface area contributed by atoms with E-state index < -0.39 is 17.8 Å². The third-order valence-corrected chi connectivity index (χ3v) is 7.06. The van der Waals surface area contributed by atoms with E-state index >= 15 is 0 Å². The van der Waals surface area contributed by atoms with E-state index in [9.17, 15) is 14.4 Å². The maximum atomic E-state index is 13.4. The molecule has 0 atom stereocenters. The number of amides is 4. The van der Waals surface area contributed by atoms with E-state index in [-0.39, 0.29) is 17.9 Å². The normalized spacial score (nSPS) is 14.0. The Morgan fingerprint density at radius 3 is 2.16 bits per heavy atom. The van der Waals surface area contributed by atoms with Gasteiger partial charge in [0.05, 0.1) is 19.9 Å². The zero-order valence-corrected chi connectivity index (χ0v) is 24.9. The largest absolute Gasteiger partial charge is 0.497 e. The van der Waals surface area contributed by atoms with Crippen molar-refractivity contribution in [3.63, 3.8) is 0 Å². The quantitative estimate of drug-likeness (QED) is 0.160. The fourth-order valence-electron chi connectivity index (χ4n) is 4.36. The molecule has 5 rings (SSSR count). The van der Waals surface area contributed by atoms with Crippen molar-refractivity contribution in [1.82, 2.24) is 5.32 Å². The molecule has 0 bridgehead atoms. The van der Waals surface area contributed by atoms with Crippen LogP contribution in [0, 0.1) is 0 Å². The molecule has 218 valence electrons. The zero-order chi connectivity index (χ0) is 30.3. The number of halogens is 1. The van der Waals surface area contributed by atoms with Crippen LogP contribution in [0.3, 0.4) is 0 Å². The first kappa shape index (κ1) is 29.4. The van der Waals surface area contributed by atoms with Gasteiger partial charge in [0.2, 0.25) is 0 Å². The molecule has 10 heteroatoms. The van der Waals surface area contributed by atoms with Crippen LogP contribution in [0.1, 0.15) is 16.7 Å². The molecule has 1 heterocycles. The Labute approximate surface area is 256 Å². The number of nitrogens with one attached hydrogen (secondary N) is 1. The van der Waals surface area contributed by atoms with E-state index in [1.54, 1.807) is 49.6 Å². The summed E-state index contributed by atoms with van der Waals surface area (Å²) >= 11 is 3.44. The topological polar surface area (TPSA) is 103 Å². The number of carbonyl (C=O) groups is 3. The van der Waals surface area contributed by atoms with E-state index in [4.69, 9.17) is 18.9 Å². The first-order valence-electron chi connectivity index (χ1n) is 13.2. The number of ether oxygens (including phenoxy) is 4. The zero-order valence-electron chi connectivity index (χ0n) is 23.3. The number of anilines is 1. The highest BCUT2D eigenvalue weighted by atomic mass is 79.9. The average molecular weight is 643 g/mol. The minimum absolute atomic E-state index is 0.170. The van der Waals surface area contributed by atoms with Crippen molar-refractivity contribution in [2.24, 2.45) is 0 Å². The van der Waals surface area contributed by atoms with Crippen molar-refractivity contribution in [2.75, 3.05) is 19.1 Å². The van der Waals surface area contributed by atoms with Crippen LogP contribution < -0.4 is 29.2 Å². The van der Waals surface area contributed by atoms with Crippen LogP contribution in [-0.4, -0.2) is 32.1 Å². The summed E-state index contributed by atoms with van der Waals surface area (Å²) in [6, 6.07) is 26.1. The van der Waals surface area contributed by atoms with Gasteiger partial charge in [-0.15, -0.1) is 0 Å². The molecule has 0 radical (unpaired) electrons. The molecule has 9 nitrogen and oxygen atoms in total. The number of nitrogens with zero attached hydrogens (tertiary/aromatic N) is 1. The summed E-state index contributed by atoms with van der Waals surface area (Å²) in [5, 5.41) is 2.24. The highest BCUT2D eigenvalue weighted by molar-refractivity contribution is 9.10. The van der Waals surface area contributed by atoms with E-state index in [0.29, 0.717) is 39.6 Å². The predicted octanol–water partition coefficient (Wildman–Crippen LogP) is 6.29. The van der Waals surface area contributed by atoms with E-state index in [1.165, 1.54) is 13.2 Å². The van der Waals surface area contributed by atoms with Gasteiger partial charge in [-0.1, -0.05) is 52.3 Å². The van der Waals surface area contributed by atoms with Crippen molar-refractivity contribution >= 4 is 45.5 Å². The first-order chi connectivity index (χ1) is 20.9. The fourth-order valence-corrected chi connectivity index (χ4v) is 4.74. The second-order valence-electron chi connectivity index (χ2n) is 9.39. The summed E-state index contributed by atoms with van der Waals surface area (Å²) in [6.45, 7) is 0.571. The number of hydrogen-bond donors (Lipinski definition) is 1. The number of hydrogen-bond acceptors (Lipinski definition) is 7. The van der Waals surface area contributed by atoms with Crippen molar-refractivity contribution < 1.29 is 33.3 Å². The summed E-state index contributed by atoms with van der Waals surface area (Å²) < 4.78 is 23.5. The number of imide groups is 2. The summed E-state index contributed by atoms with van der Waals surface area (Å²) in [5.41, 5.74) is 2.38. The molecule has 1 aliphatic rings. The van der Waals surface area contributed by atoms with Crippen LogP contribution in [0.5, 0.6) is 23.0 Å². The summed E-state index contributed by atoms with van der Waals surface area (Å²) in [4.78, 5) is 39.7. The van der Waals surface area contributed by atoms with E-state index in [0.717, 1.165) is 16.0 Å². The van der Waals surface area contributed by atoms with Gasteiger partial charge in [0.15, 0.2) is 11.5 Å². The second-order valence-corrected chi connectivity index (χ2v) is 10.3. The SMILES string of the molecule is COc1ccc(N2C(=O)NC(=O)/C(=C\c3cc(Br)ccc3OCc3ccc(OCc4ccccc4)c(OC)c3)C2=O)cc1. The Balaban J connectivity index is 1.35. The molecule has 1 N–H and O–H groups in total. The molecule has 0 aromatic heterocycles. The number of benzene rings is 4. The molecule has 4 amide bonds. The van der Waals surface area contributed by atoms with Gasteiger partial charge in [-0.25, -0.2) is 9.69 Å². The molecule has 0 aliphatic carbocycles. The lowest BCUT2D eigenvalue weighted by Crippen LogP contribution is -2.54. The van der Waals surface area contributed by atoms with Crippen LogP contribution in [0.25, 0.3) is 6.08 Å². The van der Waals surface area contributed by atoms with Gasteiger partial charge in [-0.2, -0.15) is 0 Å². The lowest BCUT2D eigenvalue weighted by Gasteiger charge is -2.26. The molecular formula is C33H27BrN2O7. The minimum atomic E-state index is -0.840. The number of methoxy groups -OCH3 is 2. The van der Waals surface area contributed by atoms with E-state index in [1.807, 2.05) is 48.5 Å². The lowest BCUT2D eigenvalue weighted by molar-refractivity contribution is -0.122. The smallest absolute Gasteiger partial charge is 0.335 e. The maximum Gasteiger partial charge on any atom is 0.335 e. The fraction of sp³-hybridized carbons (Fsp3) is 0.121.